The molecular formula is C15H30O5. The molecule has 0 aliphatic rings. The van der Waals surface area contributed by atoms with Crippen LogP contribution < -0.4 is 0 Å². The van der Waals surface area contributed by atoms with Gasteiger partial charge in [0.1, 0.15) is 0 Å². The number of hydrogen-bond acceptors (Lipinski definition) is 4. The molecule has 0 aromatic carbocycles. The van der Waals surface area contributed by atoms with E-state index in [1.165, 1.54) is 39.2 Å². The minimum absolute atomic E-state index is 0.320. The predicted octanol–water partition coefficient (Wildman–Crippen LogP) is 2.71. The van der Waals surface area contributed by atoms with E-state index < -0.39 is 11.8 Å². The molecule has 5 nitrogen and oxygen atoms in total. The summed E-state index contributed by atoms with van der Waals surface area (Å²) in [6.07, 6.45) is 9.77. The van der Waals surface area contributed by atoms with Gasteiger partial charge < -0.3 is 20.1 Å². The Hall–Kier alpha value is -0.910. The van der Waals surface area contributed by atoms with Crippen LogP contribution in [0.1, 0.15) is 58.3 Å². The Kier molecular flexibility index (Phi) is 15.5. The van der Waals surface area contributed by atoms with E-state index in [1.54, 1.807) is 0 Å². The number of unbranched alkanes of at least 4 members (excludes halogenated alkanes) is 6. The van der Waals surface area contributed by atoms with E-state index in [2.05, 4.69) is 13.5 Å². The predicted molar refractivity (Wildman–Crippen MR) is 79.5 cm³/mol. The molecule has 0 bridgehead atoms. The van der Waals surface area contributed by atoms with E-state index in [1.807, 2.05) is 0 Å². The zero-order valence-electron chi connectivity index (χ0n) is 12.8. The summed E-state index contributed by atoms with van der Waals surface area (Å²) in [7, 11) is 1.43. The fraction of sp³-hybridized carbons (Fsp3) is 0.800. The molecule has 0 heterocycles. The second kappa shape index (κ2) is 14.5. The van der Waals surface area contributed by atoms with Crippen molar-refractivity contribution in [2.75, 3.05) is 13.7 Å². The van der Waals surface area contributed by atoms with Crippen molar-refractivity contribution in [3.63, 3.8) is 0 Å². The first-order valence-electron chi connectivity index (χ1n) is 7.19. The number of rotatable bonds is 11. The van der Waals surface area contributed by atoms with Gasteiger partial charge >= 0.3 is 5.97 Å². The highest BCUT2D eigenvalue weighted by atomic mass is 16.6. The number of ether oxygens (including phenoxy) is 1. The number of aliphatic hydroxyl groups is 2. The first-order chi connectivity index (χ1) is 9.45. The highest BCUT2D eigenvalue weighted by Crippen LogP contribution is 2.16. The number of carbonyl (C=O) groups is 1. The van der Waals surface area contributed by atoms with E-state index in [0.29, 0.717) is 6.42 Å². The van der Waals surface area contributed by atoms with Crippen LogP contribution in [0.25, 0.3) is 0 Å². The van der Waals surface area contributed by atoms with Gasteiger partial charge in [0, 0.05) is 19.6 Å². The Balaban J connectivity index is 0. The van der Waals surface area contributed by atoms with Crippen LogP contribution in [-0.2, 0) is 9.53 Å². The first-order valence-corrected chi connectivity index (χ1v) is 7.19. The lowest BCUT2D eigenvalue weighted by Crippen LogP contribution is -2.35. The molecule has 0 aromatic heterocycles. The Morgan fingerprint density at radius 1 is 1.20 bits per heavy atom. The summed E-state index contributed by atoms with van der Waals surface area (Å²) in [5.74, 6) is -2.30. The van der Waals surface area contributed by atoms with E-state index in [0.717, 1.165) is 18.9 Å². The summed E-state index contributed by atoms with van der Waals surface area (Å²) in [5, 5.41) is 26.1. The fourth-order valence-electron chi connectivity index (χ4n) is 1.60. The van der Waals surface area contributed by atoms with Gasteiger partial charge in [-0.3, -0.25) is 0 Å². The molecule has 5 heteroatoms. The van der Waals surface area contributed by atoms with Gasteiger partial charge in [-0.05, 0) is 6.42 Å². The number of aliphatic carboxylic acids is 1. The van der Waals surface area contributed by atoms with Gasteiger partial charge in [-0.2, -0.15) is 0 Å². The van der Waals surface area contributed by atoms with Crippen molar-refractivity contribution in [2.24, 2.45) is 0 Å². The highest BCUT2D eigenvalue weighted by Gasteiger charge is 2.23. The third-order valence-corrected chi connectivity index (χ3v) is 2.97. The van der Waals surface area contributed by atoms with Crippen molar-refractivity contribution in [2.45, 2.75) is 64.1 Å². The summed E-state index contributed by atoms with van der Waals surface area (Å²) >= 11 is 0. The molecular weight excluding hydrogens is 260 g/mol. The number of methoxy groups -OCH3 is 1. The molecule has 120 valence electrons. The quantitative estimate of drug-likeness (QED) is 0.309. The summed E-state index contributed by atoms with van der Waals surface area (Å²) in [6.45, 7) is 4.85. The molecule has 0 rings (SSSR count). The van der Waals surface area contributed by atoms with Crippen molar-refractivity contribution < 1.29 is 24.9 Å². The minimum atomic E-state index is -1.32. The zero-order chi connectivity index (χ0) is 15.9. The Morgan fingerprint density at radius 2 is 1.65 bits per heavy atom. The molecule has 0 aromatic rings. The second-order valence-electron chi connectivity index (χ2n) is 4.72. The molecule has 0 amide bonds. The van der Waals surface area contributed by atoms with Crippen LogP contribution in [-0.4, -0.2) is 40.8 Å². The highest BCUT2D eigenvalue weighted by molar-refractivity contribution is 5.78. The van der Waals surface area contributed by atoms with Gasteiger partial charge in [0.2, 0.25) is 0 Å². The lowest BCUT2D eigenvalue weighted by atomic mass is 10.0. The average molecular weight is 290 g/mol. The van der Waals surface area contributed by atoms with Crippen molar-refractivity contribution >= 4 is 5.97 Å². The van der Waals surface area contributed by atoms with Gasteiger partial charge in [-0.15, -0.1) is 0 Å². The molecule has 1 unspecified atom stereocenters. The van der Waals surface area contributed by atoms with Gasteiger partial charge in [0.15, 0.2) is 5.79 Å². The third-order valence-electron chi connectivity index (χ3n) is 2.97. The number of carboxylic acid groups (broad SMARTS) is 1. The van der Waals surface area contributed by atoms with E-state index in [4.69, 9.17) is 14.9 Å². The largest absolute Gasteiger partial charge is 0.478 e. The SMILES string of the molecule is C=CC(=O)O.CCCCCCCCCC(O)(CO)OC. The van der Waals surface area contributed by atoms with Crippen LogP contribution in [0.15, 0.2) is 12.7 Å². The van der Waals surface area contributed by atoms with Crippen molar-refractivity contribution in [3.8, 4) is 0 Å². The van der Waals surface area contributed by atoms with Crippen molar-refractivity contribution in [1.29, 1.82) is 0 Å². The maximum Gasteiger partial charge on any atom is 0.327 e. The first kappa shape index (κ1) is 21.4. The van der Waals surface area contributed by atoms with Gasteiger partial charge in [-0.1, -0.05) is 52.0 Å². The lowest BCUT2D eigenvalue weighted by Gasteiger charge is -2.23. The molecule has 20 heavy (non-hydrogen) atoms. The minimum Gasteiger partial charge on any atom is -0.478 e. The van der Waals surface area contributed by atoms with Crippen molar-refractivity contribution in [1.82, 2.24) is 0 Å². The van der Waals surface area contributed by atoms with Crippen LogP contribution in [0.4, 0.5) is 0 Å². The molecule has 3 N–H and O–H groups in total. The number of hydrogen-bond donors (Lipinski definition) is 3. The molecule has 0 aliphatic heterocycles. The molecule has 1 atom stereocenters. The summed E-state index contributed by atoms with van der Waals surface area (Å²) in [4.78, 5) is 9.25. The standard InChI is InChI=1S/C12H26O3.C3H4O2/c1-3-4-5-6-7-8-9-10-12(14,11-13)15-2;1-2-3(4)5/h13-14H,3-11H2,1-2H3;2H,1H2,(H,4,5). The fourth-order valence-corrected chi connectivity index (χ4v) is 1.60. The molecule has 0 fully saturated rings. The maximum atomic E-state index is 9.60. The normalized spacial score (nSPS) is 13.0. The average Bonchev–Trinajstić information content (AvgIpc) is 2.46. The molecule has 0 aliphatic carbocycles. The monoisotopic (exact) mass is 290 g/mol. The molecule has 0 saturated heterocycles. The Bertz CT molecular complexity index is 236. The van der Waals surface area contributed by atoms with E-state index >= 15 is 0 Å². The van der Waals surface area contributed by atoms with Gasteiger partial charge in [0.25, 0.3) is 0 Å². The number of aliphatic hydroxyl groups excluding tert-OH is 1. The summed E-state index contributed by atoms with van der Waals surface area (Å²) < 4.78 is 4.84. The van der Waals surface area contributed by atoms with E-state index in [9.17, 15) is 9.90 Å². The topological polar surface area (TPSA) is 87.0 Å². The van der Waals surface area contributed by atoms with Crippen LogP contribution in [0.3, 0.4) is 0 Å². The zero-order valence-corrected chi connectivity index (χ0v) is 12.8. The van der Waals surface area contributed by atoms with E-state index in [-0.39, 0.29) is 6.61 Å². The molecule has 0 saturated carbocycles. The van der Waals surface area contributed by atoms with Gasteiger partial charge in [0.05, 0.1) is 6.61 Å². The lowest BCUT2D eigenvalue weighted by molar-refractivity contribution is -0.212. The maximum absolute atomic E-state index is 9.60. The smallest absolute Gasteiger partial charge is 0.327 e. The van der Waals surface area contributed by atoms with Crippen LogP contribution in [0, 0.1) is 0 Å². The Morgan fingerprint density at radius 3 is 2.00 bits per heavy atom. The second-order valence-corrected chi connectivity index (χ2v) is 4.72. The number of carboxylic acids is 1. The Labute approximate surface area is 122 Å². The van der Waals surface area contributed by atoms with Crippen LogP contribution >= 0.6 is 0 Å². The van der Waals surface area contributed by atoms with Crippen LogP contribution in [0.2, 0.25) is 0 Å². The van der Waals surface area contributed by atoms with Crippen molar-refractivity contribution in [3.05, 3.63) is 12.7 Å². The molecule has 0 spiro atoms. The molecule has 0 radical (unpaired) electrons. The van der Waals surface area contributed by atoms with Gasteiger partial charge in [-0.25, -0.2) is 4.79 Å². The third kappa shape index (κ3) is 15.1. The summed E-state index contributed by atoms with van der Waals surface area (Å²) in [5.41, 5.74) is 0. The van der Waals surface area contributed by atoms with Crippen LogP contribution in [0.5, 0.6) is 0 Å². The summed E-state index contributed by atoms with van der Waals surface area (Å²) in [6, 6.07) is 0.